The molecule has 1 heterocycles. The molecule has 0 saturated heterocycles. The molecule has 3 aromatic carbocycles. The molecular weight excluding hydrogens is 563 g/mol. The fourth-order valence-electron chi connectivity index (χ4n) is 4.08. The number of hydrogen-bond donors (Lipinski definition) is 2. The number of carbonyl (C=O) groups excluding carboxylic acids is 1. The minimum Gasteiger partial charge on any atom is -0.491 e. The summed E-state index contributed by atoms with van der Waals surface area (Å²) in [5.41, 5.74) is 2.34. The van der Waals surface area contributed by atoms with Gasteiger partial charge in [-0.15, -0.1) is 11.3 Å². The maximum Gasteiger partial charge on any atom is 0.265 e. The van der Waals surface area contributed by atoms with Crippen LogP contribution in [0.5, 0.6) is 5.75 Å². The number of fused-ring (bicyclic) bond motifs is 1. The van der Waals surface area contributed by atoms with Crippen LogP contribution in [0.3, 0.4) is 0 Å². The van der Waals surface area contributed by atoms with Gasteiger partial charge in [0.15, 0.2) is 0 Å². The highest BCUT2D eigenvalue weighted by molar-refractivity contribution is 7.92. The van der Waals surface area contributed by atoms with Crippen LogP contribution >= 0.6 is 34.5 Å². The number of ether oxygens (including phenoxy) is 1. The van der Waals surface area contributed by atoms with Gasteiger partial charge in [-0.1, -0.05) is 37.0 Å². The van der Waals surface area contributed by atoms with Gasteiger partial charge in [-0.3, -0.25) is 9.52 Å². The van der Waals surface area contributed by atoms with Gasteiger partial charge in [0.25, 0.3) is 5.91 Å². The molecule has 200 valence electrons. The van der Waals surface area contributed by atoms with Crippen LogP contribution in [0.1, 0.15) is 48.5 Å². The molecule has 1 amide bonds. The molecule has 38 heavy (non-hydrogen) atoms. The number of anilines is 2. The van der Waals surface area contributed by atoms with E-state index in [1.165, 1.54) is 11.3 Å². The molecule has 0 atom stereocenters. The van der Waals surface area contributed by atoms with Crippen molar-refractivity contribution in [2.24, 2.45) is 0 Å². The maximum absolute atomic E-state index is 13.1. The van der Waals surface area contributed by atoms with Crippen LogP contribution in [0.15, 0.2) is 60.7 Å². The third kappa shape index (κ3) is 6.80. The Morgan fingerprint density at radius 2 is 1.58 bits per heavy atom. The molecule has 10 heteroatoms. The highest BCUT2D eigenvalue weighted by Crippen LogP contribution is 2.38. The van der Waals surface area contributed by atoms with E-state index in [9.17, 15) is 13.2 Å². The standard InChI is InChI=1S/C28H28Cl2N2O4S2/c1-16(2)36-24-13-19(11-21(30)15-24)28(3,4)18-10-20(29)14-23(12-18)31-27(33)26-9-17-8-22(32-38(5,34)35)6-7-25(17)37-26/h6-16,32H,1-5H3,(H,31,33). The molecule has 0 aliphatic carbocycles. The number of halogens is 2. The molecule has 0 fully saturated rings. The third-order valence-electron chi connectivity index (χ3n) is 5.89. The van der Waals surface area contributed by atoms with Gasteiger partial charge in [-0.2, -0.15) is 0 Å². The summed E-state index contributed by atoms with van der Waals surface area (Å²) < 4.78 is 32.3. The Labute approximate surface area is 237 Å². The first kappa shape index (κ1) is 28.2. The summed E-state index contributed by atoms with van der Waals surface area (Å²) in [4.78, 5) is 13.6. The molecule has 4 rings (SSSR count). The SMILES string of the molecule is CC(C)Oc1cc(Cl)cc(C(C)(C)c2cc(Cl)cc(NC(=O)c3cc4cc(NS(C)(=O)=O)ccc4s3)c2)c1. The molecule has 0 spiro atoms. The summed E-state index contributed by atoms with van der Waals surface area (Å²) in [6, 6.07) is 18.0. The maximum atomic E-state index is 13.1. The Balaban J connectivity index is 1.61. The van der Waals surface area contributed by atoms with E-state index in [1.807, 2.05) is 38.1 Å². The zero-order valence-electron chi connectivity index (χ0n) is 21.6. The second kappa shape index (κ2) is 10.8. The Morgan fingerprint density at radius 3 is 2.24 bits per heavy atom. The fraction of sp³-hybridized carbons (Fsp3) is 0.250. The van der Waals surface area contributed by atoms with Gasteiger partial charge in [0.2, 0.25) is 10.0 Å². The predicted octanol–water partition coefficient (Wildman–Crippen LogP) is 7.95. The molecule has 0 unspecified atom stereocenters. The summed E-state index contributed by atoms with van der Waals surface area (Å²) in [5.74, 6) is 0.399. The average Bonchev–Trinajstić information content (AvgIpc) is 3.20. The fourth-order valence-corrected chi connectivity index (χ4v) is 6.03. The van der Waals surface area contributed by atoms with Crippen LogP contribution in [-0.2, 0) is 15.4 Å². The zero-order chi connectivity index (χ0) is 27.8. The molecule has 6 nitrogen and oxygen atoms in total. The van der Waals surface area contributed by atoms with E-state index in [0.717, 1.165) is 27.5 Å². The van der Waals surface area contributed by atoms with Crippen LogP contribution in [0.2, 0.25) is 10.0 Å². The first-order chi connectivity index (χ1) is 17.7. The van der Waals surface area contributed by atoms with Crippen LogP contribution in [0.25, 0.3) is 10.1 Å². The quantitative estimate of drug-likeness (QED) is 0.218. The Morgan fingerprint density at radius 1 is 0.921 bits per heavy atom. The lowest BCUT2D eigenvalue weighted by molar-refractivity contribution is 0.103. The first-order valence-corrected chi connectivity index (χ1v) is 15.3. The van der Waals surface area contributed by atoms with Crippen LogP contribution < -0.4 is 14.8 Å². The van der Waals surface area contributed by atoms with Crippen LogP contribution in [0.4, 0.5) is 11.4 Å². The lowest BCUT2D eigenvalue weighted by Crippen LogP contribution is -2.20. The van der Waals surface area contributed by atoms with E-state index in [-0.39, 0.29) is 12.0 Å². The summed E-state index contributed by atoms with van der Waals surface area (Å²) >= 11 is 14.2. The Bertz CT molecular complexity index is 1630. The van der Waals surface area contributed by atoms with E-state index in [4.69, 9.17) is 27.9 Å². The van der Waals surface area contributed by atoms with Crippen molar-refractivity contribution in [1.82, 2.24) is 0 Å². The van der Waals surface area contributed by atoms with E-state index in [2.05, 4.69) is 23.9 Å². The second-order valence-electron chi connectivity index (χ2n) is 9.89. The van der Waals surface area contributed by atoms with Crippen LogP contribution in [0, 0.1) is 0 Å². The number of nitrogens with one attached hydrogen (secondary N) is 2. The summed E-state index contributed by atoms with van der Waals surface area (Å²) in [6.07, 6.45) is 1.10. The number of benzene rings is 3. The number of amides is 1. The first-order valence-electron chi connectivity index (χ1n) is 11.8. The molecular formula is C28H28Cl2N2O4S2. The van der Waals surface area contributed by atoms with Crippen LogP contribution in [-0.4, -0.2) is 26.7 Å². The van der Waals surface area contributed by atoms with E-state index < -0.39 is 15.4 Å². The van der Waals surface area contributed by atoms with Gasteiger partial charge in [-0.05, 0) is 91.0 Å². The van der Waals surface area contributed by atoms with Crippen molar-refractivity contribution in [2.75, 3.05) is 16.3 Å². The molecule has 0 aliphatic rings. The largest absolute Gasteiger partial charge is 0.491 e. The smallest absolute Gasteiger partial charge is 0.265 e. The minimum absolute atomic E-state index is 0.00819. The van der Waals surface area contributed by atoms with Crippen molar-refractivity contribution >= 4 is 71.9 Å². The number of rotatable bonds is 8. The summed E-state index contributed by atoms with van der Waals surface area (Å²) in [5, 5.41) is 4.77. The zero-order valence-corrected chi connectivity index (χ0v) is 24.7. The topological polar surface area (TPSA) is 84.5 Å². The normalized spacial score (nSPS) is 12.1. The number of hydrogen-bond acceptors (Lipinski definition) is 5. The van der Waals surface area contributed by atoms with Gasteiger partial charge < -0.3 is 10.1 Å². The van der Waals surface area contributed by atoms with Crippen molar-refractivity contribution in [1.29, 1.82) is 0 Å². The number of thiophene rings is 1. The van der Waals surface area contributed by atoms with Crippen molar-refractivity contribution in [3.05, 3.63) is 86.7 Å². The number of sulfonamides is 1. The average molecular weight is 592 g/mol. The van der Waals surface area contributed by atoms with Gasteiger partial charge >= 0.3 is 0 Å². The third-order valence-corrected chi connectivity index (χ3v) is 8.04. The molecule has 0 radical (unpaired) electrons. The van der Waals surface area contributed by atoms with Gasteiger partial charge in [-0.25, -0.2) is 8.42 Å². The van der Waals surface area contributed by atoms with E-state index in [0.29, 0.717) is 32.0 Å². The Kier molecular flexibility index (Phi) is 8.00. The lowest BCUT2D eigenvalue weighted by Gasteiger charge is -2.28. The number of carbonyl (C=O) groups is 1. The highest BCUT2D eigenvalue weighted by Gasteiger charge is 2.26. The predicted molar refractivity (Wildman–Crippen MR) is 159 cm³/mol. The van der Waals surface area contributed by atoms with Crippen molar-refractivity contribution in [3.8, 4) is 5.75 Å². The molecule has 0 bridgehead atoms. The lowest BCUT2D eigenvalue weighted by atomic mass is 9.78. The van der Waals surface area contributed by atoms with Gasteiger partial charge in [0.05, 0.1) is 17.2 Å². The van der Waals surface area contributed by atoms with Crippen molar-refractivity contribution < 1.29 is 17.9 Å². The molecule has 4 aromatic rings. The van der Waals surface area contributed by atoms with Crippen molar-refractivity contribution in [3.63, 3.8) is 0 Å². The van der Waals surface area contributed by atoms with E-state index >= 15 is 0 Å². The molecule has 2 N–H and O–H groups in total. The summed E-state index contributed by atoms with van der Waals surface area (Å²) in [7, 11) is -3.40. The Hall–Kier alpha value is -2.78. The second-order valence-corrected chi connectivity index (χ2v) is 13.6. The molecule has 0 saturated carbocycles. The highest BCUT2D eigenvalue weighted by atomic mass is 35.5. The van der Waals surface area contributed by atoms with Gasteiger partial charge in [0, 0.05) is 31.5 Å². The van der Waals surface area contributed by atoms with E-state index in [1.54, 1.807) is 36.4 Å². The molecule has 0 aliphatic heterocycles. The van der Waals surface area contributed by atoms with Gasteiger partial charge in [0.1, 0.15) is 5.75 Å². The summed E-state index contributed by atoms with van der Waals surface area (Å²) in [6.45, 7) is 8.03. The minimum atomic E-state index is -3.40. The van der Waals surface area contributed by atoms with Crippen molar-refractivity contribution in [2.45, 2.75) is 39.2 Å². The monoisotopic (exact) mass is 590 g/mol. The molecule has 1 aromatic heterocycles.